The van der Waals surface area contributed by atoms with Crippen molar-refractivity contribution < 1.29 is 0 Å². The van der Waals surface area contributed by atoms with Gasteiger partial charge in [-0.25, -0.2) is 0 Å². The van der Waals surface area contributed by atoms with E-state index in [0.29, 0.717) is 11.1 Å². The topological polar surface area (TPSA) is 23.8 Å². The summed E-state index contributed by atoms with van der Waals surface area (Å²) in [5.41, 5.74) is 1.27. The van der Waals surface area contributed by atoms with Crippen LogP contribution >= 0.6 is 0 Å². The third-order valence-corrected chi connectivity index (χ3v) is 1.26. The van der Waals surface area contributed by atoms with Crippen LogP contribution in [0.3, 0.4) is 0 Å². The van der Waals surface area contributed by atoms with Crippen LogP contribution in [0.4, 0.5) is 0 Å². The maximum atomic E-state index is 8.60. The van der Waals surface area contributed by atoms with Gasteiger partial charge in [0.1, 0.15) is 6.07 Å². The molecule has 1 heteroatoms. The first-order valence-corrected chi connectivity index (χ1v) is 3.50. The van der Waals surface area contributed by atoms with Crippen molar-refractivity contribution in [2.24, 2.45) is 0 Å². The Kier molecular flexibility index (Phi) is 4.61. The van der Waals surface area contributed by atoms with Gasteiger partial charge in [0.2, 0.25) is 0 Å². The first-order chi connectivity index (χ1) is 5.26. The summed E-state index contributed by atoms with van der Waals surface area (Å²) in [5.74, 6) is 2.43. The highest BCUT2D eigenvalue weighted by atomic mass is 14.2. The zero-order chi connectivity index (χ0) is 8.69. The highest BCUT2D eigenvalue weighted by Gasteiger charge is 1.91. The second-order valence-electron chi connectivity index (χ2n) is 2.11. The number of hydrogen-bond donors (Lipinski definition) is 0. The average Bonchev–Trinajstić information content (AvgIpc) is 2.05. The fourth-order valence-corrected chi connectivity index (χ4v) is 0.560. The maximum Gasteiger partial charge on any atom is 0.100 e. The molecule has 0 saturated carbocycles. The van der Waals surface area contributed by atoms with Crippen LogP contribution in [0.2, 0.25) is 0 Å². The van der Waals surface area contributed by atoms with Gasteiger partial charge in [0.25, 0.3) is 0 Å². The molecule has 0 bridgehead atoms. The summed E-state index contributed by atoms with van der Waals surface area (Å²) in [5, 5.41) is 8.60. The van der Waals surface area contributed by atoms with Gasteiger partial charge in [-0.05, 0) is 19.4 Å². The van der Waals surface area contributed by atoms with Crippen LogP contribution in [-0.2, 0) is 0 Å². The van der Waals surface area contributed by atoms with E-state index < -0.39 is 0 Å². The normalized spacial score (nSPS) is 12.0. The van der Waals surface area contributed by atoms with Gasteiger partial charge in [0, 0.05) is 5.57 Å². The standard InChI is InChI=1S/C10H11N/c1-4-6-7-10(8-11)9(3)5-2/h2,6-7H,4H2,1,3H3/b7-6-,10-9+. The largest absolute Gasteiger partial charge is 0.192 e. The van der Waals surface area contributed by atoms with Crippen molar-refractivity contribution in [3.63, 3.8) is 0 Å². The minimum Gasteiger partial charge on any atom is -0.192 e. The van der Waals surface area contributed by atoms with Gasteiger partial charge in [-0.2, -0.15) is 5.26 Å². The third-order valence-electron chi connectivity index (χ3n) is 1.26. The lowest BCUT2D eigenvalue weighted by molar-refractivity contribution is 1.22. The van der Waals surface area contributed by atoms with Crippen LogP contribution in [0.25, 0.3) is 0 Å². The van der Waals surface area contributed by atoms with Gasteiger partial charge in [-0.15, -0.1) is 6.42 Å². The minimum atomic E-state index is 0.578. The molecule has 0 aromatic rings. The van der Waals surface area contributed by atoms with Crippen molar-refractivity contribution in [2.45, 2.75) is 20.3 Å². The summed E-state index contributed by atoms with van der Waals surface area (Å²) < 4.78 is 0. The van der Waals surface area contributed by atoms with E-state index in [4.69, 9.17) is 11.7 Å². The summed E-state index contributed by atoms with van der Waals surface area (Å²) in [7, 11) is 0. The van der Waals surface area contributed by atoms with E-state index in [2.05, 4.69) is 5.92 Å². The quantitative estimate of drug-likeness (QED) is 0.332. The molecule has 0 atom stereocenters. The predicted octanol–water partition coefficient (Wildman–Crippen LogP) is 2.43. The Labute approximate surface area is 68.0 Å². The molecule has 1 nitrogen and oxygen atoms in total. The monoisotopic (exact) mass is 145 g/mol. The second-order valence-corrected chi connectivity index (χ2v) is 2.11. The number of allylic oxidation sites excluding steroid dienone is 4. The molecule has 0 amide bonds. The van der Waals surface area contributed by atoms with Crippen LogP contribution < -0.4 is 0 Å². The molecule has 0 rings (SSSR count). The van der Waals surface area contributed by atoms with Gasteiger partial charge in [0.15, 0.2) is 0 Å². The molecular weight excluding hydrogens is 134 g/mol. The number of rotatable bonds is 2. The summed E-state index contributed by atoms with van der Waals surface area (Å²) in [4.78, 5) is 0. The molecule has 0 N–H and O–H groups in total. The average molecular weight is 145 g/mol. The zero-order valence-electron chi connectivity index (χ0n) is 6.89. The molecule has 0 unspecified atom stereocenters. The smallest absolute Gasteiger partial charge is 0.100 e. The SMILES string of the molecule is C#C/C(C)=C(C#N)\C=C/CC. The number of terminal acetylenes is 1. The van der Waals surface area contributed by atoms with Gasteiger partial charge >= 0.3 is 0 Å². The summed E-state index contributed by atoms with van der Waals surface area (Å²) in [6, 6.07) is 2.04. The van der Waals surface area contributed by atoms with Crippen molar-refractivity contribution in [2.75, 3.05) is 0 Å². The van der Waals surface area contributed by atoms with Gasteiger partial charge in [-0.3, -0.25) is 0 Å². The first-order valence-electron chi connectivity index (χ1n) is 3.50. The van der Waals surface area contributed by atoms with Crippen LogP contribution in [0, 0.1) is 23.7 Å². The van der Waals surface area contributed by atoms with Crippen LogP contribution in [0.15, 0.2) is 23.3 Å². The van der Waals surface area contributed by atoms with E-state index in [1.165, 1.54) is 0 Å². The van der Waals surface area contributed by atoms with E-state index >= 15 is 0 Å². The van der Waals surface area contributed by atoms with Gasteiger partial charge < -0.3 is 0 Å². The fraction of sp³-hybridized carbons (Fsp3) is 0.300. The van der Waals surface area contributed by atoms with E-state index in [9.17, 15) is 0 Å². The maximum absolute atomic E-state index is 8.60. The first kappa shape index (κ1) is 9.53. The third kappa shape index (κ3) is 3.28. The Bertz CT molecular complexity index is 256. The summed E-state index contributed by atoms with van der Waals surface area (Å²) >= 11 is 0. The molecule has 0 aromatic carbocycles. The molecule has 0 aromatic heterocycles. The lowest BCUT2D eigenvalue weighted by atomic mass is 10.1. The van der Waals surface area contributed by atoms with Crippen LogP contribution in [0.5, 0.6) is 0 Å². The molecular formula is C10H11N. The van der Waals surface area contributed by atoms with Crippen molar-refractivity contribution >= 4 is 0 Å². The van der Waals surface area contributed by atoms with Gasteiger partial charge in [-0.1, -0.05) is 18.9 Å². The highest BCUT2D eigenvalue weighted by molar-refractivity contribution is 5.44. The molecule has 0 spiro atoms. The van der Waals surface area contributed by atoms with Crippen molar-refractivity contribution in [1.82, 2.24) is 0 Å². The van der Waals surface area contributed by atoms with Crippen molar-refractivity contribution in [3.8, 4) is 18.4 Å². The molecule has 0 saturated heterocycles. The lowest BCUT2D eigenvalue weighted by Gasteiger charge is -1.89. The molecule has 0 aliphatic carbocycles. The summed E-state index contributed by atoms with van der Waals surface area (Å²) in [6.07, 6.45) is 9.72. The molecule has 0 radical (unpaired) electrons. The van der Waals surface area contributed by atoms with Crippen LogP contribution in [0.1, 0.15) is 20.3 Å². The Hall–Kier alpha value is -1.47. The molecule has 0 aliphatic rings. The minimum absolute atomic E-state index is 0.578. The molecule has 11 heavy (non-hydrogen) atoms. The Morgan fingerprint density at radius 2 is 2.27 bits per heavy atom. The van der Waals surface area contributed by atoms with Gasteiger partial charge in [0.05, 0.1) is 5.57 Å². The Balaban J connectivity index is 4.60. The Morgan fingerprint density at radius 3 is 2.64 bits per heavy atom. The molecule has 0 fully saturated rings. The van der Waals surface area contributed by atoms with E-state index in [1.54, 1.807) is 13.0 Å². The number of hydrogen-bond acceptors (Lipinski definition) is 1. The molecule has 56 valence electrons. The molecule has 0 heterocycles. The number of nitriles is 1. The fourth-order valence-electron chi connectivity index (χ4n) is 0.560. The van der Waals surface area contributed by atoms with Crippen LogP contribution in [-0.4, -0.2) is 0 Å². The number of nitrogens with zero attached hydrogens (tertiary/aromatic N) is 1. The highest BCUT2D eigenvalue weighted by Crippen LogP contribution is 2.03. The van der Waals surface area contributed by atoms with E-state index in [1.807, 2.05) is 19.1 Å². The zero-order valence-corrected chi connectivity index (χ0v) is 6.89. The molecule has 0 aliphatic heterocycles. The van der Waals surface area contributed by atoms with E-state index in [-0.39, 0.29) is 0 Å². The predicted molar refractivity (Wildman–Crippen MR) is 46.6 cm³/mol. The van der Waals surface area contributed by atoms with Crippen molar-refractivity contribution in [3.05, 3.63) is 23.3 Å². The second kappa shape index (κ2) is 5.33. The summed E-state index contributed by atoms with van der Waals surface area (Å²) in [6.45, 7) is 3.77. The van der Waals surface area contributed by atoms with Crippen molar-refractivity contribution in [1.29, 1.82) is 5.26 Å². The van der Waals surface area contributed by atoms with E-state index in [0.717, 1.165) is 6.42 Å². The Morgan fingerprint density at radius 1 is 1.64 bits per heavy atom. The lowest BCUT2D eigenvalue weighted by Crippen LogP contribution is -1.77.